The van der Waals surface area contributed by atoms with Crippen LogP contribution < -0.4 is 20.1 Å². The molecule has 1 aromatic heterocycles. The lowest BCUT2D eigenvalue weighted by molar-refractivity contribution is -0.116. The van der Waals surface area contributed by atoms with Gasteiger partial charge in [0.05, 0.1) is 14.2 Å². The van der Waals surface area contributed by atoms with Crippen LogP contribution in [0.2, 0.25) is 0 Å². The van der Waals surface area contributed by atoms with Crippen molar-refractivity contribution >= 4 is 17.4 Å². The first-order chi connectivity index (χ1) is 10.9. The van der Waals surface area contributed by atoms with Gasteiger partial charge in [-0.15, -0.1) is 0 Å². The highest BCUT2D eigenvalue weighted by molar-refractivity contribution is 5.95. The Kier molecular flexibility index (Phi) is 5.10. The molecule has 23 heavy (non-hydrogen) atoms. The molecule has 0 aliphatic heterocycles. The van der Waals surface area contributed by atoms with Crippen molar-refractivity contribution in [1.29, 1.82) is 0 Å². The number of benzene rings is 1. The Morgan fingerprint density at radius 1 is 1.17 bits per heavy atom. The summed E-state index contributed by atoms with van der Waals surface area (Å²) in [5.41, 5.74) is 1.74. The number of hydrogen-bond acceptors (Lipinski definition) is 6. The highest BCUT2D eigenvalue weighted by Gasteiger charge is 2.17. The van der Waals surface area contributed by atoms with Crippen molar-refractivity contribution < 1.29 is 18.8 Å². The van der Waals surface area contributed by atoms with Gasteiger partial charge in [0.2, 0.25) is 5.91 Å². The molecule has 2 N–H and O–H groups in total. The predicted octanol–water partition coefficient (Wildman–Crippen LogP) is 2.75. The van der Waals surface area contributed by atoms with Crippen LogP contribution in [0.4, 0.5) is 11.5 Å². The highest BCUT2D eigenvalue weighted by atomic mass is 16.5. The molecule has 2 rings (SSSR count). The number of ether oxygens (including phenoxy) is 2. The van der Waals surface area contributed by atoms with Crippen molar-refractivity contribution in [2.24, 2.45) is 0 Å². The average molecular weight is 319 g/mol. The minimum atomic E-state index is -0.469. The molecule has 124 valence electrons. The topological polar surface area (TPSA) is 85.6 Å². The molecular weight excluding hydrogens is 298 g/mol. The molecule has 1 heterocycles. The maximum Gasteiger partial charge on any atom is 0.247 e. The predicted molar refractivity (Wildman–Crippen MR) is 87.2 cm³/mol. The van der Waals surface area contributed by atoms with E-state index in [0.29, 0.717) is 23.1 Å². The van der Waals surface area contributed by atoms with Gasteiger partial charge in [-0.25, -0.2) is 0 Å². The third kappa shape index (κ3) is 3.94. The van der Waals surface area contributed by atoms with Gasteiger partial charge >= 0.3 is 0 Å². The first-order valence-corrected chi connectivity index (χ1v) is 7.18. The van der Waals surface area contributed by atoms with Gasteiger partial charge < -0.3 is 24.6 Å². The Morgan fingerprint density at radius 3 is 2.39 bits per heavy atom. The van der Waals surface area contributed by atoms with Crippen LogP contribution in [0.25, 0.3) is 0 Å². The van der Waals surface area contributed by atoms with Gasteiger partial charge in [-0.05, 0) is 32.4 Å². The SMILES string of the molecule is COc1cc(C)c(NC(C)C(=O)Nc2cc(C)on2)cc1OC. The lowest BCUT2D eigenvalue weighted by Crippen LogP contribution is -2.32. The van der Waals surface area contributed by atoms with E-state index in [4.69, 9.17) is 14.0 Å². The van der Waals surface area contributed by atoms with E-state index in [1.165, 1.54) is 0 Å². The summed E-state index contributed by atoms with van der Waals surface area (Å²) in [5, 5.41) is 9.59. The average Bonchev–Trinajstić information content (AvgIpc) is 2.93. The number of aromatic nitrogens is 1. The monoisotopic (exact) mass is 319 g/mol. The van der Waals surface area contributed by atoms with E-state index >= 15 is 0 Å². The summed E-state index contributed by atoms with van der Waals surface area (Å²) in [6, 6.07) is 4.85. The summed E-state index contributed by atoms with van der Waals surface area (Å²) >= 11 is 0. The van der Waals surface area contributed by atoms with E-state index in [2.05, 4.69) is 15.8 Å². The Labute approximate surface area is 134 Å². The highest BCUT2D eigenvalue weighted by Crippen LogP contribution is 2.33. The van der Waals surface area contributed by atoms with Crippen LogP contribution in [0.5, 0.6) is 11.5 Å². The van der Waals surface area contributed by atoms with E-state index in [9.17, 15) is 4.79 Å². The Hall–Kier alpha value is -2.70. The Bertz CT molecular complexity index is 697. The summed E-state index contributed by atoms with van der Waals surface area (Å²) in [5.74, 6) is 2.06. The van der Waals surface area contributed by atoms with Crippen LogP contribution in [0.15, 0.2) is 22.7 Å². The largest absolute Gasteiger partial charge is 0.493 e. The van der Waals surface area contributed by atoms with Crippen molar-refractivity contribution in [3.05, 3.63) is 29.5 Å². The third-order valence-corrected chi connectivity index (χ3v) is 3.38. The minimum absolute atomic E-state index is 0.215. The summed E-state index contributed by atoms with van der Waals surface area (Å²) in [4.78, 5) is 12.2. The molecule has 0 fully saturated rings. The van der Waals surface area contributed by atoms with Gasteiger partial charge in [-0.3, -0.25) is 4.79 Å². The molecule has 1 amide bonds. The molecule has 1 atom stereocenters. The first-order valence-electron chi connectivity index (χ1n) is 7.18. The molecule has 0 bridgehead atoms. The molecule has 2 aromatic rings. The van der Waals surface area contributed by atoms with Gasteiger partial charge in [0.25, 0.3) is 0 Å². The fourth-order valence-electron chi connectivity index (χ4n) is 2.09. The zero-order valence-electron chi connectivity index (χ0n) is 13.9. The second-order valence-electron chi connectivity index (χ2n) is 5.20. The molecule has 7 nitrogen and oxygen atoms in total. The van der Waals surface area contributed by atoms with E-state index in [1.807, 2.05) is 13.0 Å². The quantitative estimate of drug-likeness (QED) is 0.851. The van der Waals surface area contributed by atoms with Crippen LogP contribution in [0.3, 0.4) is 0 Å². The van der Waals surface area contributed by atoms with Crippen molar-refractivity contribution in [1.82, 2.24) is 5.16 Å². The van der Waals surface area contributed by atoms with Crippen LogP contribution in [-0.4, -0.2) is 31.3 Å². The number of methoxy groups -OCH3 is 2. The number of nitrogens with zero attached hydrogens (tertiary/aromatic N) is 1. The molecule has 0 aliphatic carbocycles. The normalized spacial score (nSPS) is 11.7. The number of carbonyl (C=O) groups is 1. The number of amides is 1. The van der Waals surface area contributed by atoms with Crippen molar-refractivity contribution in [2.75, 3.05) is 24.9 Å². The molecule has 0 saturated heterocycles. The minimum Gasteiger partial charge on any atom is -0.493 e. The van der Waals surface area contributed by atoms with E-state index in [-0.39, 0.29) is 5.91 Å². The maximum atomic E-state index is 12.2. The molecule has 1 unspecified atom stereocenters. The van der Waals surface area contributed by atoms with Crippen molar-refractivity contribution in [3.63, 3.8) is 0 Å². The van der Waals surface area contributed by atoms with Crippen LogP contribution in [-0.2, 0) is 4.79 Å². The maximum absolute atomic E-state index is 12.2. The van der Waals surface area contributed by atoms with Crippen LogP contribution >= 0.6 is 0 Å². The van der Waals surface area contributed by atoms with Gasteiger partial charge in [0.15, 0.2) is 17.3 Å². The van der Waals surface area contributed by atoms with Crippen LogP contribution in [0, 0.1) is 13.8 Å². The molecule has 0 saturated carbocycles. The van der Waals surface area contributed by atoms with Gasteiger partial charge in [-0.2, -0.15) is 0 Å². The molecule has 0 radical (unpaired) electrons. The van der Waals surface area contributed by atoms with Crippen LogP contribution in [0.1, 0.15) is 18.2 Å². The van der Waals surface area contributed by atoms with Crippen molar-refractivity contribution in [3.8, 4) is 11.5 Å². The van der Waals surface area contributed by atoms with Gasteiger partial charge in [-0.1, -0.05) is 5.16 Å². The number of anilines is 2. The van der Waals surface area contributed by atoms with E-state index in [0.717, 1.165) is 11.3 Å². The van der Waals surface area contributed by atoms with Crippen molar-refractivity contribution in [2.45, 2.75) is 26.8 Å². The van der Waals surface area contributed by atoms with E-state index in [1.54, 1.807) is 40.2 Å². The summed E-state index contributed by atoms with van der Waals surface area (Å²) < 4.78 is 15.5. The zero-order valence-corrected chi connectivity index (χ0v) is 13.9. The number of carbonyl (C=O) groups excluding carboxylic acids is 1. The number of hydrogen-bond donors (Lipinski definition) is 2. The number of rotatable bonds is 6. The fraction of sp³-hybridized carbons (Fsp3) is 0.375. The zero-order chi connectivity index (χ0) is 17.0. The summed E-state index contributed by atoms with van der Waals surface area (Å²) in [6.45, 7) is 5.45. The second kappa shape index (κ2) is 7.04. The molecule has 0 spiro atoms. The molecule has 1 aromatic carbocycles. The molecule has 7 heteroatoms. The number of nitrogens with one attached hydrogen (secondary N) is 2. The molecular formula is C16H21N3O4. The second-order valence-corrected chi connectivity index (χ2v) is 5.20. The first kappa shape index (κ1) is 16.7. The lowest BCUT2D eigenvalue weighted by Gasteiger charge is -2.18. The molecule has 0 aliphatic rings. The summed E-state index contributed by atoms with van der Waals surface area (Å²) in [7, 11) is 3.15. The Morgan fingerprint density at radius 2 is 1.83 bits per heavy atom. The van der Waals surface area contributed by atoms with Gasteiger partial charge in [0, 0.05) is 17.8 Å². The number of aryl methyl sites for hydroxylation is 2. The third-order valence-electron chi connectivity index (χ3n) is 3.38. The van der Waals surface area contributed by atoms with E-state index < -0.39 is 6.04 Å². The standard InChI is InChI=1S/C16H21N3O4/c1-9-6-13(21-4)14(22-5)8-12(9)17-11(3)16(20)18-15-7-10(2)23-19-15/h6-8,11,17H,1-5H3,(H,18,19,20). The lowest BCUT2D eigenvalue weighted by atomic mass is 10.1. The Balaban J connectivity index is 2.10. The van der Waals surface area contributed by atoms with Gasteiger partial charge in [0.1, 0.15) is 11.8 Å². The summed E-state index contributed by atoms with van der Waals surface area (Å²) in [6.07, 6.45) is 0. The fourth-order valence-corrected chi connectivity index (χ4v) is 2.09. The smallest absolute Gasteiger partial charge is 0.247 e.